The largest absolute Gasteiger partial charge is 0.381 e. The first kappa shape index (κ1) is 6.39. The van der Waals surface area contributed by atoms with E-state index < -0.39 is 0 Å². The molecule has 0 saturated carbocycles. The van der Waals surface area contributed by atoms with Crippen molar-refractivity contribution < 1.29 is 4.74 Å². The Hall–Kier alpha value is -0.730. The van der Waals surface area contributed by atoms with Gasteiger partial charge < -0.3 is 4.74 Å². The SMILES string of the molecule is [N-]=[N+]=NC[C@@H]1CCOC1. The van der Waals surface area contributed by atoms with Crippen LogP contribution >= 0.6 is 0 Å². The van der Waals surface area contributed by atoms with Crippen molar-refractivity contribution in [3.63, 3.8) is 0 Å². The summed E-state index contributed by atoms with van der Waals surface area (Å²) in [6, 6.07) is 0. The fourth-order valence-electron chi connectivity index (χ4n) is 0.879. The van der Waals surface area contributed by atoms with Crippen molar-refractivity contribution in [2.24, 2.45) is 11.0 Å². The Morgan fingerprint density at radius 1 is 1.78 bits per heavy atom. The lowest BCUT2D eigenvalue weighted by Crippen LogP contribution is -2.01. The summed E-state index contributed by atoms with van der Waals surface area (Å²) in [6.07, 6.45) is 1.04. The maximum absolute atomic E-state index is 7.94. The lowest BCUT2D eigenvalue weighted by Gasteiger charge is -1.97. The molecule has 9 heavy (non-hydrogen) atoms. The highest BCUT2D eigenvalue weighted by molar-refractivity contribution is 4.66. The number of hydrogen-bond donors (Lipinski definition) is 0. The molecular formula is C5H9N3O. The van der Waals surface area contributed by atoms with Gasteiger partial charge in [-0.15, -0.1) is 0 Å². The topological polar surface area (TPSA) is 58.0 Å². The van der Waals surface area contributed by atoms with Gasteiger partial charge in [0.1, 0.15) is 0 Å². The summed E-state index contributed by atoms with van der Waals surface area (Å²) in [5, 5.41) is 3.45. The summed E-state index contributed by atoms with van der Waals surface area (Å²) in [5.74, 6) is 0.473. The van der Waals surface area contributed by atoms with E-state index in [1.165, 1.54) is 0 Å². The predicted molar refractivity (Wildman–Crippen MR) is 32.9 cm³/mol. The standard InChI is InChI=1S/C5H9N3O/c6-8-7-3-5-1-2-9-4-5/h5H,1-4H2/t5-/m0/s1. The summed E-state index contributed by atoms with van der Waals surface area (Å²) in [6.45, 7) is 2.18. The van der Waals surface area contributed by atoms with Gasteiger partial charge in [-0.25, -0.2) is 0 Å². The van der Waals surface area contributed by atoms with Crippen molar-refractivity contribution in [2.75, 3.05) is 19.8 Å². The molecule has 1 rings (SSSR count). The Balaban J connectivity index is 2.18. The smallest absolute Gasteiger partial charge is 0.0496 e. The Morgan fingerprint density at radius 3 is 3.22 bits per heavy atom. The normalized spacial score (nSPS) is 25.6. The van der Waals surface area contributed by atoms with Gasteiger partial charge in [-0.2, -0.15) is 0 Å². The monoisotopic (exact) mass is 127 g/mol. The molecule has 0 N–H and O–H groups in total. The van der Waals surface area contributed by atoms with Crippen molar-refractivity contribution in [3.05, 3.63) is 10.4 Å². The maximum atomic E-state index is 7.94. The lowest BCUT2D eigenvalue weighted by atomic mass is 10.1. The van der Waals surface area contributed by atoms with E-state index in [4.69, 9.17) is 10.3 Å². The van der Waals surface area contributed by atoms with E-state index in [2.05, 4.69) is 10.0 Å². The van der Waals surface area contributed by atoms with Crippen molar-refractivity contribution in [1.29, 1.82) is 0 Å². The van der Waals surface area contributed by atoms with Crippen LogP contribution in [0.5, 0.6) is 0 Å². The van der Waals surface area contributed by atoms with Crippen LogP contribution in [-0.2, 0) is 4.74 Å². The van der Waals surface area contributed by atoms with Gasteiger partial charge in [0, 0.05) is 24.7 Å². The minimum Gasteiger partial charge on any atom is -0.381 e. The Bertz CT molecular complexity index is 124. The molecule has 4 nitrogen and oxygen atoms in total. The Kier molecular flexibility index (Phi) is 2.36. The van der Waals surface area contributed by atoms with Gasteiger partial charge >= 0.3 is 0 Å². The number of ether oxygens (including phenoxy) is 1. The van der Waals surface area contributed by atoms with E-state index in [0.29, 0.717) is 12.5 Å². The number of nitrogens with zero attached hydrogens (tertiary/aromatic N) is 3. The molecule has 0 amide bonds. The minimum atomic E-state index is 0.473. The van der Waals surface area contributed by atoms with Gasteiger partial charge in [0.05, 0.1) is 0 Å². The van der Waals surface area contributed by atoms with E-state index in [-0.39, 0.29) is 0 Å². The van der Waals surface area contributed by atoms with E-state index >= 15 is 0 Å². The molecule has 1 saturated heterocycles. The fraction of sp³-hybridized carbons (Fsp3) is 1.00. The molecule has 50 valence electrons. The van der Waals surface area contributed by atoms with E-state index in [1.807, 2.05) is 0 Å². The van der Waals surface area contributed by atoms with Crippen LogP contribution in [-0.4, -0.2) is 19.8 Å². The van der Waals surface area contributed by atoms with E-state index in [0.717, 1.165) is 19.6 Å². The molecule has 1 aliphatic heterocycles. The predicted octanol–water partition coefficient (Wildman–Crippen LogP) is 1.33. The Labute approximate surface area is 53.4 Å². The molecule has 0 aromatic heterocycles. The van der Waals surface area contributed by atoms with E-state index in [1.54, 1.807) is 0 Å². The highest BCUT2D eigenvalue weighted by atomic mass is 16.5. The molecule has 0 radical (unpaired) electrons. The second-order valence-corrected chi connectivity index (χ2v) is 2.14. The zero-order valence-electron chi connectivity index (χ0n) is 5.16. The average Bonchev–Trinajstić information content (AvgIpc) is 2.34. The first-order valence-electron chi connectivity index (χ1n) is 3.02. The van der Waals surface area contributed by atoms with Crippen LogP contribution in [0, 0.1) is 5.92 Å². The molecule has 1 heterocycles. The summed E-state index contributed by atoms with van der Waals surface area (Å²) in [5.41, 5.74) is 7.94. The van der Waals surface area contributed by atoms with Crippen molar-refractivity contribution in [1.82, 2.24) is 0 Å². The molecule has 1 fully saturated rings. The number of hydrogen-bond acceptors (Lipinski definition) is 2. The van der Waals surface area contributed by atoms with Crippen LogP contribution in [0.2, 0.25) is 0 Å². The zero-order chi connectivity index (χ0) is 6.53. The molecule has 1 aliphatic rings. The third-order valence-electron chi connectivity index (χ3n) is 1.43. The molecule has 0 bridgehead atoms. The molecule has 1 atom stereocenters. The maximum Gasteiger partial charge on any atom is 0.0496 e. The summed E-state index contributed by atoms with van der Waals surface area (Å²) in [7, 11) is 0. The Morgan fingerprint density at radius 2 is 2.67 bits per heavy atom. The highest BCUT2D eigenvalue weighted by Gasteiger charge is 2.13. The van der Waals surface area contributed by atoms with Crippen LogP contribution in [0.25, 0.3) is 10.4 Å². The lowest BCUT2D eigenvalue weighted by molar-refractivity contribution is 0.187. The van der Waals surface area contributed by atoms with Crippen LogP contribution in [0.4, 0.5) is 0 Å². The molecule has 0 aromatic carbocycles. The summed E-state index contributed by atoms with van der Waals surface area (Å²) >= 11 is 0. The van der Waals surface area contributed by atoms with Gasteiger partial charge in [-0.3, -0.25) is 0 Å². The quantitative estimate of drug-likeness (QED) is 0.313. The molecule has 0 aliphatic carbocycles. The van der Waals surface area contributed by atoms with Gasteiger partial charge in [-0.1, -0.05) is 5.11 Å². The second kappa shape index (κ2) is 3.33. The molecule has 0 unspecified atom stereocenters. The number of rotatable bonds is 2. The van der Waals surface area contributed by atoms with Crippen molar-refractivity contribution in [2.45, 2.75) is 6.42 Å². The molecular weight excluding hydrogens is 118 g/mol. The summed E-state index contributed by atoms with van der Waals surface area (Å²) < 4.78 is 5.07. The third kappa shape index (κ3) is 1.91. The number of azide groups is 1. The fourth-order valence-corrected chi connectivity index (χ4v) is 0.879. The van der Waals surface area contributed by atoms with Crippen LogP contribution in [0.3, 0.4) is 0 Å². The van der Waals surface area contributed by atoms with Crippen LogP contribution < -0.4 is 0 Å². The van der Waals surface area contributed by atoms with Gasteiger partial charge in [0.2, 0.25) is 0 Å². The first-order chi connectivity index (χ1) is 4.43. The molecule has 4 heteroatoms. The highest BCUT2D eigenvalue weighted by Crippen LogP contribution is 2.11. The minimum absolute atomic E-state index is 0.473. The van der Waals surface area contributed by atoms with E-state index in [9.17, 15) is 0 Å². The third-order valence-corrected chi connectivity index (χ3v) is 1.43. The van der Waals surface area contributed by atoms with Crippen LogP contribution in [0.1, 0.15) is 6.42 Å². The average molecular weight is 127 g/mol. The van der Waals surface area contributed by atoms with Crippen molar-refractivity contribution >= 4 is 0 Å². The van der Waals surface area contributed by atoms with Gasteiger partial charge in [0.15, 0.2) is 0 Å². The van der Waals surface area contributed by atoms with Gasteiger partial charge in [-0.05, 0) is 17.9 Å². The second-order valence-electron chi connectivity index (χ2n) is 2.14. The van der Waals surface area contributed by atoms with Gasteiger partial charge in [0.25, 0.3) is 0 Å². The first-order valence-corrected chi connectivity index (χ1v) is 3.02. The molecule has 0 spiro atoms. The van der Waals surface area contributed by atoms with Crippen molar-refractivity contribution in [3.8, 4) is 0 Å². The summed E-state index contributed by atoms with van der Waals surface area (Å²) in [4.78, 5) is 2.67. The zero-order valence-corrected chi connectivity index (χ0v) is 5.16. The van der Waals surface area contributed by atoms with Crippen LogP contribution in [0.15, 0.2) is 5.11 Å². The molecule has 0 aromatic rings.